The van der Waals surface area contributed by atoms with Crippen molar-refractivity contribution in [2.75, 3.05) is 0 Å². The normalized spacial score (nSPS) is 14.1. The van der Waals surface area contributed by atoms with Crippen molar-refractivity contribution in [3.8, 4) is 22.3 Å². The average molecular weight is 453 g/mol. The van der Waals surface area contributed by atoms with Crippen LogP contribution >= 0.6 is 27.3 Å². The van der Waals surface area contributed by atoms with Crippen LogP contribution in [0.3, 0.4) is 0 Å². The van der Waals surface area contributed by atoms with Crippen molar-refractivity contribution in [3.05, 3.63) is 68.3 Å². The Morgan fingerprint density at radius 1 is 0.821 bits per heavy atom. The van der Waals surface area contributed by atoms with Crippen molar-refractivity contribution in [1.29, 1.82) is 0 Å². The molecule has 2 heteroatoms. The molecule has 0 bridgehead atoms. The van der Waals surface area contributed by atoms with Crippen molar-refractivity contribution < 1.29 is 0 Å². The minimum atomic E-state index is 0.172. The third kappa shape index (κ3) is 3.29. The summed E-state index contributed by atoms with van der Waals surface area (Å²) in [4.78, 5) is 1.36. The van der Waals surface area contributed by atoms with Crippen LogP contribution in [-0.4, -0.2) is 0 Å². The zero-order valence-electron chi connectivity index (χ0n) is 17.1. The summed E-state index contributed by atoms with van der Waals surface area (Å²) in [5, 5.41) is 0. The van der Waals surface area contributed by atoms with Gasteiger partial charge in [0.05, 0.1) is 3.79 Å². The van der Waals surface area contributed by atoms with Crippen molar-refractivity contribution in [2.45, 2.75) is 64.7 Å². The zero-order chi connectivity index (χ0) is 19.7. The Morgan fingerprint density at radius 3 is 2.14 bits per heavy atom. The van der Waals surface area contributed by atoms with E-state index in [1.54, 1.807) is 11.1 Å². The minimum absolute atomic E-state index is 0.172. The molecule has 0 radical (unpaired) electrons. The van der Waals surface area contributed by atoms with Gasteiger partial charge in [0.2, 0.25) is 0 Å². The van der Waals surface area contributed by atoms with Gasteiger partial charge in [0.15, 0.2) is 0 Å². The molecule has 0 saturated heterocycles. The number of thiophene rings is 1. The molecule has 146 valence electrons. The molecule has 0 saturated carbocycles. The highest BCUT2D eigenvalue weighted by molar-refractivity contribution is 9.11. The second kappa shape index (κ2) is 8.16. The number of unbranched alkanes of at least 4 members (excludes halogenated alkanes) is 2. The Labute approximate surface area is 182 Å². The number of hydrogen-bond acceptors (Lipinski definition) is 1. The molecule has 4 rings (SSSR count). The first-order valence-corrected chi connectivity index (χ1v) is 12.2. The lowest BCUT2D eigenvalue weighted by atomic mass is 9.70. The van der Waals surface area contributed by atoms with Crippen molar-refractivity contribution in [1.82, 2.24) is 0 Å². The highest BCUT2D eigenvalue weighted by Gasteiger charge is 2.42. The van der Waals surface area contributed by atoms with E-state index in [4.69, 9.17) is 0 Å². The average Bonchev–Trinajstić information content (AvgIpc) is 3.19. The van der Waals surface area contributed by atoms with Crippen LogP contribution in [0.1, 0.15) is 68.4 Å². The topological polar surface area (TPSA) is 0 Å². The van der Waals surface area contributed by atoms with Gasteiger partial charge in [-0.2, -0.15) is 0 Å². The second-order valence-corrected chi connectivity index (χ2v) is 10.7. The van der Waals surface area contributed by atoms with Gasteiger partial charge in [-0.1, -0.05) is 75.9 Å². The lowest BCUT2D eigenvalue weighted by Crippen LogP contribution is -2.25. The number of aryl methyl sites for hydroxylation is 1. The highest BCUT2D eigenvalue weighted by Crippen LogP contribution is 2.55. The maximum atomic E-state index is 3.79. The molecule has 0 fully saturated rings. The Hall–Kier alpha value is -1.38. The molecule has 28 heavy (non-hydrogen) atoms. The number of halogens is 1. The first-order chi connectivity index (χ1) is 13.6. The molecule has 0 amide bonds. The van der Waals surface area contributed by atoms with Gasteiger partial charge in [-0.3, -0.25) is 0 Å². The number of benzene rings is 2. The quantitative estimate of drug-likeness (QED) is 0.335. The Bertz CT molecular complexity index is 974. The lowest BCUT2D eigenvalue weighted by Gasteiger charge is -2.33. The Morgan fingerprint density at radius 2 is 1.50 bits per heavy atom. The van der Waals surface area contributed by atoms with Crippen LogP contribution in [0.4, 0.5) is 0 Å². The van der Waals surface area contributed by atoms with Crippen molar-refractivity contribution in [3.63, 3.8) is 0 Å². The van der Waals surface area contributed by atoms with Crippen LogP contribution in [0.2, 0.25) is 0 Å². The molecular formula is C26H29BrS. The van der Waals surface area contributed by atoms with Gasteiger partial charge in [0, 0.05) is 15.9 Å². The first-order valence-electron chi connectivity index (χ1n) is 10.6. The summed E-state index contributed by atoms with van der Waals surface area (Å²) in [6.45, 7) is 6.82. The molecule has 0 spiro atoms. The van der Waals surface area contributed by atoms with E-state index < -0.39 is 0 Å². The van der Waals surface area contributed by atoms with Gasteiger partial charge in [-0.15, -0.1) is 11.3 Å². The molecule has 0 aliphatic heterocycles. The summed E-state index contributed by atoms with van der Waals surface area (Å²) in [5.41, 5.74) is 8.88. The SMILES string of the molecule is CCCCC1(CCCC)c2ccccc2-c2ccc(-c3cc(C)sc3Br)cc21. The second-order valence-electron chi connectivity index (χ2n) is 8.14. The molecule has 1 aliphatic rings. The molecule has 2 aromatic carbocycles. The summed E-state index contributed by atoms with van der Waals surface area (Å²) in [6.07, 6.45) is 7.56. The van der Waals surface area contributed by atoms with Crippen LogP contribution in [0.5, 0.6) is 0 Å². The van der Waals surface area contributed by atoms with E-state index in [-0.39, 0.29) is 5.41 Å². The molecule has 0 unspecified atom stereocenters. The van der Waals surface area contributed by atoms with Gasteiger partial charge in [0.1, 0.15) is 0 Å². The van der Waals surface area contributed by atoms with E-state index in [0.717, 1.165) is 0 Å². The molecule has 1 aliphatic carbocycles. The summed E-state index contributed by atoms with van der Waals surface area (Å²) in [6, 6.07) is 18.7. The van der Waals surface area contributed by atoms with E-state index in [9.17, 15) is 0 Å². The summed E-state index contributed by atoms with van der Waals surface area (Å²) in [5.74, 6) is 0. The molecule has 3 aromatic rings. The fourth-order valence-corrected chi connectivity index (χ4v) is 6.78. The van der Waals surface area contributed by atoms with Crippen molar-refractivity contribution in [2.24, 2.45) is 0 Å². The number of hydrogen-bond donors (Lipinski definition) is 0. The van der Waals surface area contributed by atoms with Gasteiger partial charge in [-0.25, -0.2) is 0 Å². The third-order valence-corrected chi connectivity index (χ3v) is 8.05. The van der Waals surface area contributed by atoms with Crippen LogP contribution < -0.4 is 0 Å². The van der Waals surface area contributed by atoms with Crippen LogP contribution in [0, 0.1) is 6.92 Å². The van der Waals surface area contributed by atoms with E-state index >= 15 is 0 Å². The minimum Gasteiger partial charge on any atom is -0.133 e. The number of rotatable bonds is 7. The lowest BCUT2D eigenvalue weighted by molar-refractivity contribution is 0.414. The molecule has 1 aromatic heterocycles. The van der Waals surface area contributed by atoms with Crippen molar-refractivity contribution >= 4 is 27.3 Å². The predicted octanol–water partition coefficient (Wildman–Crippen LogP) is 9.13. The van der Waals surface area contributed by atoms with E-state index in [1.165, 1.54) is 69.4 Å². The van der Waals surface area contributed by atoms with Gasteiger partial charge < -0.3 is 0 Å². The maximum Gasteiger partial charge on any atom is 0.0779 e. The maximum absolute atomic E-state index is 3.79. The first kappa shape index (κ1) is 19.9. The van der Waals surface area contributed by atoms with Crippen LogP contribution in [0.25, 0.3) is 22.3 Å². The fraction of sp³-hybridized carbons (Fsp3) is 0.385. The summed E-state index contributed by atoms with van der Waals surface area (Å²) in [7, 11) is 0. The Kier molecular flexibility index (Phi) is 5.81. The molecule has 0 atom stereocenters. The standard InChI is InChI=1S/C26H29BrS/c1-4-6-14-26(15-7-5-2)23-11-9-8-10-20(23)21-13-12-19(17-24(21)26)22-16-18(3)28-25(22)27/h8-13,16-17H,4-7,14-15H2,1-3H3. The Balaban J connectivity index is 1.92. The molecular weight excluding hydrogens is 424 g/mol. The zero-order valence-corrected chi connectivity index (χ0v) is 19.6. The van der Waals surface area contributed by atoms with Crippen LogP contribution in [-0.2, 0) is 5.41 Å². The third-order valence-electron chi connectivity index (χ3n) is 6.30. The van der Waals surface area contributed by atoms with Crippen LogP contribution in [0.15, 0.2) is 52.3 Å². The monoisotopic (exact) mass is 452 g/mol. The van der Waals surface area contributed by atoms with E-state index in [1.807, 2.05) is 11.3 Å². The number of fused-ring (bicyclic) bond motifs is 3. The highest BCUT2D eigenvalue weighted by atomic mass is 79.9. The van der Waals surface area contributed by atoms with E-state index in [2.05, 4.69) is 85.2 Å². The summed E-state index contributed by atoms with van der Waals surface area (Å²) < 4.78 is 1.24. The largest absolute Gasteiger partial charge is 0.133 e. The smallest absolute Gasteiger partial charge is 0.0779 e. The van der Waals surface area contributed by atoms with E-state index in [0.29, 0.717) is 0 Å². The van der Waals surface area contributed by atoms with Gasteiger partial charge >= 0.3 is 0 Å². The molecule has 0 nitrogen and oxygen atoms in total. The van der Waals surface area contributed by atoms with Gasteiger partial charge in [0.25, 0.3) is 0 Å². The van der Waals surface area contributed by atoms with Gasteiger partial charge in [-0.05, 0) is 75.6 Å². The summed E-state index contributed by atoms with van der Waals surface area (Å²) >= 11 is 5.62. The predicted molar refractivity (Wildman–Crippen MR) is 127 cm³/mol. The molecule has 1 heterocycles. The fourth-order valence-electron chi connectivity index (χ4n) is 4.93. The molecule has 0 N–H and O–H groups in total.